The molecule has 0 bridgehead atoms. The lowest BCUT2D eigenvalue weighted by Crippen LogP contribution is -2.48. The first kappa shape index (κ1) is 19.5. The molecule has 1 aliphatic carbocycles. The molecule has 0 saturated carbocycles. The normalized spacial score (nSPS) is 22.0. The Hall–Kier alpha value is -1.84. The van der Waals surface area contributed by atoms with Crippen LogP contribution in [0.25, 0.3) is 0 Å². The Morgan fingerprint density at radius 3 is 2.16 bits per heavy atom. The molecule has 3 rings (SSSR count). The van der Waals surface area contributed by atoms with Crippen molar-refractivity contribution in [1.82, 2.24) is 9.80 Å². The highest BCUT2D eigenvalue weighted by Gasteiger charge is 2.47. The van der Waals surface area contributed by atoms with Crippen molar-refractivity contribution in [2.45, 2.75) is 24.3 Å². The predicted molar refractivity (Wildman–Crippen MR) is 105 cm³/mol. The molecule has 134 valence electrons. The van der Waals surface area contributed by atoms with Gasteiger partial charge in [0.15, 0.2) is 0 Å². The van der Waals surface area contributed by atoms with E-state index < -0.39 is 5.41 Å². The second kappa shape index (κ2) is 7.59. The number of halogens is 1. The van der Waals surface area contributed by atoms with Crippen LogP contribution in [0, 0.1) is 0 Å². The van der Waals surface area contributed by atoms with Gasteiger partial charge in [0.05, 0.1) is 5.41 Å². The molecule has 25 heavy (non-hydrogen) atoms. The first-order chi connectivity index (χ1) is 11.5. The highest BCUT2D eigenvalue weighted by Crippen LogP contribution is 2.48. The Kier molecular flexibility index (Phi) is 5.91. The minimum Gasteiger partial charge on any atom is -0.348 e. The molecular weight excluding hydrogens is 332 g/mol. The third-order valence-electron chi connectivity index (χ3n) is 5.23. The summed E-state index contributed by atoms with van der Waals surface area (Å²) < 4.78 is 0. The first-order valence-corrected chi connectivity index (χ1v) is 8.51. The number of rotatable bonds is 3. The Morgan fingerprint density at radius 1 is 0.960 bits per heavy atom. The zero-order valence-electron chi connectivity index (χ0n) is 15.4. The van der Waals surface area contributed by atoms with Gasteiger partial charge in [0.25, 0.3) is 0 Å². The van der Waals surface area contributed by atoms with Crippen molar-refractivity contribution in [1.29, 1.82) is 0 Å². The van der Waals surface area contributed by atoms with Crippen molar-refractivity contribution in [3.63, 3.8) is 0 Å². The highest BCUT2D eigenvalue weighted by molar-refractivity contribution is 5.92. The van der Waals surface area contributed by atoms with Crippen molar-refractivity contribution >= 4 is 18.3 Å². The molecule has 0 radical (unpaired) electrons. The minimum atomic E-state index is -0.589. The monoisotopic (exact) mass is 358 g/mol. The van der Waals surface area contributed by atoms with E-state index in [0.29, 0.717) is 6.04 Å². The lowest BCUT2D eigenvalue weighted by molar-refractivity contribution is -0.134. The number of carbonyl (C=O) groups excluding carboxylic acids is 1. The summed E-state index contributed by atoms with van der Waals surface area (Å²) >= 11 is 0. The van der Waals surface area contributed by atoms with E-state index >= 15 is 0 Å². The summed E-state index contributed by atoms with van der Waals surface area (Å²) in [6.45, 7) is 0. The maximum Gasteiger partial charge on any atom is 0.237 e. The Labute approximate surface area is 157 Å². The number of carbonyl (C=O) groups is 1. The molecule has 0 fully saturated rings. The van der Waals surface area contributed by atoms with Gasteiger partial charge in [0.1, 0.15) is 0 Å². The summed E-state index contributed by atoms with van der Waals surface area (Å²) in [5.41, 5.74) is 2.93. The number of nitrogens with zero attached hydrogens (tertiary/aromatic N) is 2. The predicted octanol–water partition coefficient (Wildman–Crippen LogP) is 3.88. The number of hydrogen-bond acceptors (Lipinski definition) is 2. The summed E-state index contributed by atoms with van der Waals surface area (Å²) in [6.07, 6.45) is 1.80. The van der Waals surface area contributed by atoms with E-state index in [1.807, 2.05) is 32.3 Å². The molecule has 1 amide bonds. The van der Waals surface area contributed by atoms with Crippen LogP contribution in [0.2, 0.25) is 0 Å². The van der Waals surface area contributed by atoms with E-state index in [-0.39, 0.29) is 18.3 Å². The van der Waals surface area contributed by atoms with E-state index in [4.69, 9.17) is 0 Å². The third kappa shape index (κ3) is 3.19. The van der Waals surface area contributed by atoms with Gasteiger partial charge in [-0.15, -0.1) is 12.4 Å². The van der Waals surface area contributed by atoms with Gasteiger partial charge in [-0.05, 0) is 43.6 Å². The molecule has 3 nitrogen and oxygen atoms in total. The SMILES string of the molecule is CN(C)C(=O)[C@@]1(c2ccccc2)CC[C@H](N(C)C)c2ccccc21.Cl. The summed E-state index contributed by atoms with van der Waals surface area (Å²) in [4.78, 5) is 17.4. The minimum absolute atomic E-state index is 0. The largest absolute Gasteiger partial charge is 0.348 e. The van der Waals surface area contributed by atoms with Crippen LogP contribution in [0.3, 0.4) is 0 Å². The van der Waals surface area contributed by atoms with Crippen molar-refractivity contribution < 1.29 is 4.79 Å². The zero-order chi connectivity index (χ0) is 17.3. The van der Waals surface area contributed by atoms with Gasteiger partial charge >= 0.3 is 0 Å². The number of hydrogen-bond donors (Lipinski definition) is 0. The van der Waals surface area contributed by atoms with Crippen molar-refractivity contribution in [2.75, 3.05) is 28.2 Å². The van der Waals surface area contributed by atoms with Crippen molar-refractivity contribution in [2.24, 2.45) is 0 Å². The summed E-state index contributed by atoms with van der Waals surface area (Å²) in [6, 6.07) is 19.1. The van der Waals surface area contributed by atoms with Gasteiger partial charge in [-0.25, -0.2) is 0 Å². The average Bonchev–Trinajstić information content (AvgIpc) is 2.60. The van der Waals surface area contributed by atoms with Crippen LogP contribution in [0.5, 0.6) is 0 Å². The fourth-order valence-electron chi connectivity index (χ4n) is 4.11. The van der Waals surface area contributed by atoms with E-state index in [9.17, 15) is 4.79 Å². The van der Waals surface area contributed by atoms with Crippen LogP contribution < -0.4 is 0 Å². The van der Waals surface area contributed by atoms with Gasteiger partial charge in [-0.3, -0.25) is 4.79 Å². The van der Waals surface area contributed by atoms with E-state index in [0.717, 1.165) is 24.0 Å². The molecular formula is C21H27ClN2O. The van der Waals surface area contributed by atoms with Crippen LogP contribution >= 0.6 is 12.4 Å². The molecule has 2 atom stereocenters. The fourth-order valence-corrected chi connectivity index (χ4v) is 4.11. The van der Waals surface area contributed by atoms with Crippen molar-refractivity contribution in [3.05, 3.63) is 71.3 Å². The number of benzene rings is 2. The molecule has 0 saturated heterocycles. The maximum absolute atomic E-state index is 13.4. The van der Waals surface area contributed by atoms with Crippen molar-refractivity contribution in [3.8, 4) is 0 Å². The molecule has 4 heteroatoms. The molecule has 0 heterocycles. The van der Waals surface area contributed by atoms with Gasteiger partial charge in [-0.1, -0.05) is 54.6 Å². The smallest absolute Gasteiger partial charge is 0.237 e. The Bertz CT molecular complexity index is 730. The zero-order valence-corrected chi connectivity index (χ0v) is 16.2. The average molecular weight is 359 g/mol. The number of amides is 1. The van der Waals surface area contributed by atoms with Crippen LogP contribution in [-0.2, 0) is 10.2 Å². The molecule has 2 aromatic carbocycles. The van der Waals surface area contributed by atoms with Crippen LogP contribution in [-0.4, -0.2) is 43.9 Å². The number of fused-ring (bicyclic) bond motifs is 1. The third-order valence-corrected chi connectivity index (χ3v) is 5.23. The summed E-state index contributed by atoms with van der Waals surface area (Å²) in [7, 11) is 7.94. The Balaban J connectivity index is 0.00000225. The molecule has 0 unspecified atom stereocenters. The van der Waals surface area contributed by atoms with Gasteiger partial charge in [0, 0.05) is 20.1 Å². The lowest BCUT2D eigenvalue weighted by Gasteiger charge is -2.44. The topological polar surface area (TPSA) is 23.6 Å². The summed E-state index contributed by atoms with van der Waals surface area (Å²) in [5.74, 6) is 0.165. The maximum atomic E-state index is 13.4. The van der Waals surface area contributed by atoms with Gasteiger partial charge in [0.2, 0.25) is 5.91 Å². The van der Waals surface area contributed by atoms with Gasteiger partial charge in [-0.2, -0.15) is 0 Å². The summed E-state index contributed by atoms with van der Waals surface area (Å²) in [5, 5.41) is 0. The van der Waals surface area contributed by atoms with Gasteiger partial charge < -0.3 is 9.80 Å². The van der Waals surface area contributed by atoms with Crippen LogP contribution in [0.1, 0.15) is 35.6 Å². The lowest BCUT2D eigenvalue weighted by atomic mass is 9.63. The second-order valence-electron chi connectivity index (χ2n) is 7.08. The van der Waals surface area contributed by atoms with Crippen LogP contribution in [0.15, 0.2) is 54.6 Å². The molecule has 0 N–H and O–H groups in total. The molecule has 0 aliphatic heterocycles. The highest BCUT2D eigenvalue weighted by atomic mass is 35.5. The Morgan fingerprint density at radius 2 is 1.56 bits per heavy atom. The van der Waals surface area contributed by atoms with Crippen LogP contribution in [0.4, 0.5) is 0 Å². The molecule has 0 aromatic heterocycles. The second-order valence-corrected chi connectivity index (χ2v) is 7.08. The molecule has 2 aromatic rings. The fraction of sp³-hybridized carbons (Fsp3) is 0.381. The van der Waals surface area contributed by atoms with E-state index in [2.05, 4.69) is 55.4 Å². The quantitative estimate of drug-likeness (QED) is 0.831. The molecule has 0 spiro atoms. The van der Waals surface area contributed by atoms with E-state index in [1.54, 1.807) is 4.90 Å². The standard InChI is InChI=1S/C21H26N2O.ClH/c1-22(2)19-14-15-21(20(24)23(3)4,16-10-6-5-7-11-16)18-13-9-8-12-17(18)19;/h5-13,19H,14-15H2,1-4H3;1H/t19-,21+;/m0./s1. The van der Waals surface area contributed by atoms with E-state index in [1.165, 1.54) is 5.56 Å². The molecule has 1 aliphatic rings. The number of likely N-dealkylation sites (N-methyl/N-ethyl adjacent to an activating group) is 1. The first-order valence-electron chi connectivity index (χ1n) is 8.51.